The molecule has 0 spiro atoms. The van der Waals surface area contributed by atoms with Gasteiger partial charge in [0.2, 0.25) is 0 Å². The van der Waals surface area contributed by atoms with Gasteiger partial charge in [0, 0.05) is 11.1 Å². The van der Waals surface area contributed by atoms with E-state index >= 15 is 0 Å². The molecule has 0 aromatic heterocycles. The van der Waals surface area contributed by atoms with Gasteiger partial charge < -0.3 is 10.1 Å². The van der Waals surface area contributed by atoms with Gasteiger partial charge in [-0.1, -0.05) is 25.4 Å². The van der Waals surface area contributed by atoms with Crippen molar-refractivity contribution in [3.8, 4) is 5.75 Å². The SMILES string of the molecule is CCNC(C)CC(C)c1cc(Cl)ccc1OC. The lowest BCUT2D eigenvalue weighted by atomic mass is 9.93. The van der Waals surface area contributed by atoms with E-state index < -0.39 is 0 Å². The van der Waals surface area contributed by atoms with Crippen molar-refractivity contribution in [2.45, 2.75) is 39.2 Å². The van der Waals surface area contributed by atoms with Crippen LogP contribution >= 0.6 is 11.6 Å². The standard InChI is InChI=1S/C14H22ClNO/c1-5-16-11(3)8-10(2)13-9-12(15)6-7-14(13)17-4/h6-7,9-11,16H,5,8H2,1-4H3. The molecule has 0 aliphatic heterocycles. The average molecular weight is 256 g/mol. The van der Waals surface area contributed by atoms with Crippen molar-refractivity contribution in [1.82, 2.24) is 5.32 Å². The van der Waals surface area contributed by atoms with Gasteiger partial charge in [0.1, 0.15) is 5.75 Å². The van der Waals surface area contributed by atoms with Crippen molar-refractivity contribution in [2.24, 2.45) is 0 Å². The molecule has 1 aromatic rings. The Kier molecular flexibility index (Phi) is 5.79. The monoisotopic (exact) mass is 255 g/mol. The van der Waals surface area contributed by atoms with E-state index in [9.17, 15) is 0 Å². The van der Waals surface area contributed by atoms with Gasteiger partial charge in [-0.15, -0.1) is 0 Å². The number of benzene rings is 1. The summed E-state index contributed by atoms with van der Waals surface area (Å²) in [6, 6.07) is 6.30. The first-order valence-corrected chi connectivity index (χ1v) is 6.53. The van der Waals surface area contributed by atoms with Crippen molar-refractivity contribution in [3.63, 3.8) is 0 Å². The second-order valence-electron chi connectivity index (χ2n) is 4.48. The molecule has 1 N–H and O–H groups in total. The Morgan fingerprint density at radius 3 is 2.65 bits per heavy atom. The highest BCUT2D eigenvalue weighted by molar-refractivity contribution is 6.30. The molecule has 0 radical (unpaired) electrons. The lowest BCUT2D eigenvalue weighted by Crippen LogP contribution is -2.27. The van der Waals surface area contributed by atoms with Gasteiger partial charge >= 0.3 is 0 Å². The zero-order valence-electron chi connectivity index (χ0n) is 11.1. The smallest absolute Gasteiger partial charge is 0.122 e. The first-order valence-electron chi connectivity index (χ1n) is 6.15. The zero-order valence-corrected chi connectivity index (χ0v) is 11.8. The molecular weight excluding hydrogens is 234 g/mol. The van der Waals surface area contributed by atoms with Crippen molar-refractivity contribution in [3.05, 3.63) is 28.8 Å². The van der Waals surface area contributed by atoms with Gasteiger partial charge in [0.25, 0.3) is 0 Å². The molecule has 0 saturated heterocycles. The number of rotatable bonds is 6. The highest BCUT2D eigenvalue weighted by Gasteiger charge is 2.14. The summed E-state index contributed by atoms with van der Waals surface area (Å²) in [7, 11) is 1.70. The van der Waals surface area contributed by atoms with Crippen LogP contribution in [0.25, 0.3) is 0 Å². The summed E-state index contributed by atoms with van der Waals surface area (Å²) in [5, 5.41) is 4.19. The van der Waals surface area contributed by atoms with Crippen LogP contribution in [0, 0.1) is 0 Å². The predicted octanol–water partition coefficient (Wildman–Crippen LogP) is 3.84. The van der Waals surface area contributed by atoms with Crippen LogP contribution in [-0.2, 0) is 0 Å². The van der Waals surface area contributed by atoms with Crippen LogP contribution in [0.5, 0.6) is 5.75 Å². The number of halogens is 1. The van der Waals surface area contributed by atoms with Crippen LogP contribution in [0.15, 0.2) is 18.2 Å². The van der Waals surface area contributed by atoms with Crippen LogP contribution in [-0.4, -0.2) is 19.7 Å². The number of ether oxygens (including phenoxy) is 1. The summed E-state index contributed by atoms with van der Waals surface area (Å²) >= 11 is 6.04. The quantitative estimate of drug-likeness (QED) is 0.834. The van der Waals surface area contributed by atoms with Crippen LogP contribution in [0.2, 0.25) is 5.02 Å². The molecule has 0 fully saturated rings. The third kappa shape index (κ3) is 4.21. The summed E-state index contributed by atoms with van der Waals surface area (Å²) in [5.41, 5.74) is 1.18. The van der Waals surface area contributed by atoms with Gasteiger partial charge in [-0.2, -0.15) is 0 Å². The molecule has 2 nitrogen and oxygen atoms in total. The molecular formula is C14H22ClNO. The Bertz CT molecular complexity index is 354. The van der Waals surface area contributed by atoms with Gasteiger partial charge in [0.05, 0.1) is 7.11 Å². The van der Waals surface area contributed by atoms with Gasteiger partial charge in [0.15, 0.2) is 0 Å². The van der Waals surface area contributed by atoms with Crippen molar-refractivity contribution < 1.29 is 4.74 Å². The number of hydrogen-bond donors (Lipinski definition) is 1. The molecule has 96 valence electrons. The van der Waals surface area contributed by atoms with Crippen LogP contribution in [0.4, 0.5) is 0 Å². The van der Waals surface area contributed by atoms with E-state index in [-0.39, 0.29) is 0 Å². The van der Waals surface area contributed by atoms with E-state index in [1.807, 2.05) is 18.2 Å². The Balaban J connectivity index is 2.79. The molecule has 0 bridgehead atoms. The minimum Gasteiger partial charge on any atom is -0.496 e. The Hall–Kier alpha value is -0.730. The predicted molar refractivity (Wildman–Crippen MR) is 74.2 cm³/mol. The Morgan fingerprint density at radius 2 is 2.06 bits per heavy atom. The maximum atomic E-state index is 6.04. The zero-order chi connectivity index (χ0) is 12.8. The molecule has 0 aliphatic carbocycles. The largest absolute Gasteiger partial charge is 0.496 e. The molecule has 1 rings (SSSR count). The fourth-order valence-corrected chi connectivity index (χ4v) is 2.36. The van der Waals surface area contributed by atoms with Crippen LogP contribution < -0.4 is 10.1 Å². The van der Waals surface area contributed by atoms with Crippen LogP contribution in [0.3, 0.4) is 0 Å². The number of hydrogen-bond acceptors (Lipinski definition) is 2. The maximum Gasteiger partial charge on any atom is 0.122 e. The fourth-order valence-electron chi connectivity index (χ4n) is 2.18. The summed E-state index contributed by atoms with van der Waals surface area (Å²) in [6.07, 6.45) is 1.07. The first kappa shape index (κ1) is 14.3. The Labute approximate surface area is 109 Å². The summed E-state index contributed by atoms with van der Waals surface area (Å²) in [5.74, 6) is 1.35. The minimum absolute atomic E-state index is 0.428. The van der Waals surface area contributed by atoms with E-state index in [2.05, 4.69) is 26.1 Å². The molecule has 1 aromatic carbocycles. The molecule has 0 aliphatic rings. The molecule has 0 saturated carbocycles. The second-order valence-corrected chi connectivity index (χ2v) is 4.92. The van der Waals surface area contributed by atoms with Crippen molar-refractivity contribution in [1.29, 1.82) is 0 Å². The van der Waals surface area contributed by atoms with Gasteiger partial charge in [-0.3, -0.25) is 0 Å². The Morgan fingerprint density at radius 1 is 1.35 bits per heavy atom. The topological polar surface area (TPSA) is 21.3 Å². The number of nitrogens with one attached hydrogen (secondary N) is 1. The number of methoxy groups -OCH3 is 1. The lowest BCUT2D eigenvalue weighted by molar-refractivity contribution is 0.401. The maximum absolute atomic E-state index is 6.04. The second kappa shape index (κ2) is 6.87. The molecule has 0 amide bonds. The normalized spacial score (nSPS) is 14.4. The van der Waals surface area contributed by atoms with Crippen molar-refractivity contribution in [2.75, 3.05) is 13.7 Å². The van der Waals surface area contributed by atoms with Gasteiger partial charge in [-0.25, -0.2) is 0 Å². The van der Waals surface area contributed by atoms with Crippen LogP contribution in [0.1, 0.15) is 38.7 Å². The molecule has 2 unspecified atom stereocenters. The molecule has 17 heavy (non-hydrogen) atoms. The van der Waals surface area contributed by atoms with Gasteiger partial charge in [-0.05, 0) is 49.6 Å². The highest BCUT2D eigenvalue weighted by Crippen LogP contribution is 2.31. The van der Waals surface area contributed by atoms with E-state index in [0.717, 1.165) is 23.7 Å². The molecule has 2 atom stereocenters. The average Bonchev–Trinajstić information content (AvgIpc) is 2.29. The third-order valence-corrected chi connectivity index (χ3v) is 3.22. The third-order valence-electron chi connectivity index (χ3n) is 2.98. The molecule has 3 heteroatoms. The van der Waals surface area contributed by atoms with Crippen molar-refractivity contribution >= 4 is 11.6 Å². The van der Waals surface area contributed by atoms with E-state index in [1.165, 1.54) is 5.56 Å². The minimum atomic E-state index is 0.428. The fraction of sp³-hybridized carbons (Fsp3) is 0.571. The summed E-state index contributed by atoms with van der Waals surface area (Å²) in [4.78, 5) is 0. The molecule has 0 heterocycles. The first-order chi connectivity index (χ1) is 8.08. The highest BCUT2D eigenvalue weighted by atomic mass is 35.5. The lowest BCUT2D eigenvalue weighted by Gasteiger charge is -2.20. The van der Waals surface area contributed by atoms with E-state index in [0.29, 0.717) is 12.0 Å². The van der Waals surface area contributed by atoms with E-state index in [4.69, 9.17) is 16.3 Å². The summed E-state index contributed by atoms with van der Waals surface area (Å²) < 4.78 is 5.38. The van der Waals surface area contributed by atoms with E-state index in [1.54, 1.807) is 7.11 Å². The summed E-state index contributed by atoms with van der Waals surface area (Å²) in [6.45, 7) is 7.54.